The first-order valence-corrected chi connectivity index (χ1v) is 8.48. The van der Waals surface area contributed by atoms with Crippen molar-refractivity contribution >= 4 is 11.9 Å². The van der Waals surface area contributed by atoms with Crippen molar-refractivity contribution in [2.45, 2.75) is 59.7 Å². The average Bonchev–Trinajstić information content (AvgIpc) is 3.03. The van der Waals surface area contributed by atoms with E-state index >= 15 is 0 Å². The van der Waals surface area contributed by atoms with Gasteiger partial charge in [0, 0.05) is 0 Å². The van der Waals surface area contributed by atoms with Crippen molar-refractivity contribution in [1.29, 1.82) is 0 Å². The van der Waals surface area contributed by atoms with Gasteiger partial charge in [-0.1, -0.05) is 26.7 Å². The summed E-state index contributed by atoms with van der Waals surface area (Å²) in [6, 6.07) is 0. The van der Waals surface area contributed by atoms with Crippen LogP contribution in [0.2, 0.25) is 0 Å². The van der Waals surface area contributed by atoms with Gasteiger partial charge in [0.05, 0.1) is 5.92 Å². The number of rotatable bonds is 6. The van der Waals surface area contributed by atoms with E-state index in [1.165, 1.54) is 6.08 Å². The maximum atomic E-state index is 14.1. The first-order chi connectivity index (χ1) is 11.8. The minimum atomic E-state index is -1.40. The van der Waals surface area contributed by atoms with E-state index in [9.17, 15) is 18.4 Å². The summed E-state index contributed by atoms with van der Waals surface area (Å²) in [7, 11) is 0. The van der Waals surface area contributed by atoms with Gasteiger partial charge in [0.25, 0.3) is 0 Å². The molecule has 1 aliphatic rings. The molecular formula is C20H26F2O4. The minimum absolute atomic E-state index is 0.406. The fourth-order valence-corrected chi connectivity index (χ4v) is 2.65. The number of allylic oxidation sites excluding steroid dienone is 2. The van der Waals surface area contributed by atoms with Crippen molar-refractivity contribution in [1.82, 2.24) is 0 Å². The van der Waals surface area contributed by atoms with Crippen molar-refractivity contribution in [3.8, 4) is 12.3 Å². The lowest BCUT2D eigenvalue weighted by atomic mass is 10.1. The molecule has 3 unspecified atom stereocenters. The van der Waals surface area contributed by atoms with Crippen LogP contribution in [0.25, 0.3) is 0 Å². The largest absolute Gasteiger partial charge is 0.455 e. The predicted octanol–water partition coefficient (Wildman–Crippen LogP) is 4.26. The van der Waals surface area contributed by atoms with Gasteiger partial charge in [0.1, 0.15) is 11.4 Å². The Bertz CT molecular complexity index is 662. The Hall–Kier alpha value is -2.16. The number of ether oxygens (including phenoxy) is 2. The molecule has 0 radical (unpaired) electrons. The van der Waals surface area contributed by atoms with Gasteiger partial charge in [-0.3, -0.25) is 4.79 Å². The maximum absolute atomic E-state index is 14.1. The third kappa shape index (κ3) is 5.42. The molecule has 0 heterocycles. The molecule has 1 saturated carbocycles. The van der Waals surface area contributed by atoms with E-state index in [0.717, 1.165) is 6.08 Å². The summed E-state index contributed by atoms with van der Waals surface area (Å²) in [5, 5.41) is 0. The number of esters is 2. The predicted molar refractivity (Wildman–Crippen MR) is 94.0 cm³/mol. The quantitative estimate of drug-likeness (QED) is 0.399. The number of hydrogen-bond donors (Lipinski definition) is 0. The summed E-state index contributed by atoms with van der Waals surface area (Å²) in [4.78, 5) is 24.0. The van der Waals surface area contributed by atoms with E-state index in [1.54, 1.807) is 41.5 Å². The lowest BCUT2D eigenvalue weighted by Gasteiger charge is -2.18. The zero-order chi connectivity index (χ0) is 20.3. The zero-order valence-corrected chi connectivity index (χ0v) is 16.1. The van der Waals surface area contributed by atoms with E-state index in [-0.39, 0.29) is 0 Å². The molecule has 0 spiro atoms. The fourth-order valence-electron chi connectivity index (χ4n) is 2.65. The first-order valence-electron chi connectivity index (χ1n) is 8.48. The van der Waals surface area contributed by atoms with Gasteiger partial charge < -0.3 is 9.47 Å². The van der Waals surface area contributed by atoms with E-state index in [0.29, 0.717) is 6.42 Å². The zero-order valence-electron chi connectivity index (χ0n) is 16.1. The summed E-state index contributed by atoms with van der Waals surface area (Å²) in [6.45, 7) is 10.0. The van der Waals surface area contributed by atoms with Crippen molar-refractivity contribution in [2.24, 2.45) is 17.3 Å². The molecule has 0 bridgehead atoms. The van der Waals surface area contributed by atoms with Crippen LogP contribution in [0, 0.1) is 29.6 Å². The molecule has 0 N–H and O–H groups in total. The Balaban J connectivity index is 2.85. The summed E-state index contributed by atoms with van der Waals surface area (Å²) in [5.41, 5.74) is -1.47. The number of carbonyl (C=O) groups is 2. The van der Waals surface area contributed by atoms with E-state index in [1.807, 2.05) is 0 Å². The standard InChI is InChI=1S/C20H26F2O4/c1-8-10-13(21)15(9-2)25-18(24)16-12(20(16,6)7)11-14(22)17(23)26-19(3,4)5/h2,10-12,15-16H,8H2,1,3-7H3. The molecule has 6 heteroatoms. The van der Waals surface area contributed by atoms with Crippen LogP contribution in [0.3, 0.4) is 0 Å². The van der Waals surface area contributed by atoms with Crippen LogP contribution >= 0.6 is 0 Å². The molecule has 0 aromatic carbocycles. The van der Waals surface area contributed by atoms with E-state index < -0.39 is 52.5 Å². The summed E-state index contributed by atoms with van der Waals surface area (Å²) >= 11 is 0. The molecule has 1 rings (SSSR count). The van der Waals surface area contributed by atoms with Gasteiger partial charge in [-0.15, -0.1) is 6.42 Å². The fraction of sp³-hybridized carbons (Fsp3) is 0.600. The molecule has 144 valence electrons. The Morgan fingerprint density at radius 1 is 1.31 bits per heavy atom. The molecule has 0 saturated heterocycles. The summed E-state index contributed by atoms with van der Waals surface area (Å²) < 4.78 is 37.9. The van der Waals surface area contributed by atoms with Crippen molar-refractivity contribution < 1.29 is 27.8 Å². The second-order valence-electron chi connectivity index (χ2n) is 7.82. The van der Waals surface area contributed by atoms with Gasteiger partial charge >= 0.3 is 11.9 Å². The second-order valence-corrected chi connectivity index (χ2v) is 7.82. The van der Waals surface area contributed by atoms with Gasteiger partial charge in [-0.2, -0.15) is 4.39 Å². The maximum Gasteiger partial charge on any atom is 0.367 e. The third-order valence-corrected chi connectivity index (χ3v) is 4.12. The van der Waals surface area contributed by atoms with Crippen LogP contribution in [-0.2, 0) is 19.1 Å². The average molecular weight is 368 g/mol. The van der Waals surface area contributed by atoms with Gasteiger partial charge in [-0.25, -0.2) is 9.18 Å². The van der Waals surface area contributed by atoms with Crippen molar-refractivity contribution in [3.05, 3.63) is 23.8 Å². The smallest absolute Gasteiger partial charge is 0.367 e. The molecular weight excluding hydrogens is 342 g/mol. The van der Waals surface area contributed by atoms with Crippen molar-refractivity contribution in [2.75, 3.05) is 0 Å². The third-order valence-electron chi connectivity index (χ3n) is 4.12. The topological polar surface area (TPSA) is 52.6 Å². The second kappa shape index (κ2) is 8.03. The monoisotopic (exact) mass is 368 g/mol. The highest BCUT2D eigenvalue weighted by molar-refractivity contribution is 5.87. The molecule has 4 nitrogen and oxygen atoms in total. The molecule has 1 aliphatic carbocycles. The van der Waals surface area contributed by atoms with Crippen LogP contribution < -0.4 is 0 Å². The van der Waals surface area contributed by atoms with Crippen LogP contribution in [0.1, 0.15) is 48.0 Å². The Labute approximate surface area is 153 Å². The van der Waals surface area contributed by atoms with Crippen LogP contribution in [0.4, 0.5) is 8.78 Å². The molecule has 0 aromatic heterocycles. The molecule has 0 amide bonds. The summed E-state index contributed by atoms with van der Waals surface area (Å²) in [5.74, 6) is -2.82. The van der Waals surface area contributed by atoms with Crippen LogP contribution in [-0.4, -0.2) is 23.6 Å². The molecule has 3 atom stereocenters. The SMILES string of the molecule is C#CC(OC(=O)C1C(C=C(F)C(=O)OC(C)(C)C)C1(C)C)C(F)=CCC. The van der Waals surface area contributed by atoms with Gasteiger partial charge in [-0.05, 0) is 50.7 Å². The number of carbonyl (C=O) groups excluding carboxylic acids is 2. The van der Waals surface area contributed by atoms with Crippen LogP contribution in [0.15, 0.2) is 23.8 Å². The van der Waals surface area contributed by atoms with E-state index in [2.05, 4.69) is 5.92 Å². The number of hydrogen-bond acceptors (Lipinski definition) is 4. The molecule has 26 heavy (non-hydrogen) atoms. The lowest BCUT2D eigenvalue weighted by molar-refractivity contribution is -0.152. The number of halogens is 2. The highest BCUT2D eigenvalue weighted by atomic mass is 19.1. The number of terminal acetylenes is 1. The molecule has 0 aromatic rings. The van der Waals surface area contributed by atoms with Crippen LogP contribution in [0.5, 0.6) is 0 Å². The van der Waals surface area contributed by atoms with Gasteiger partial charge in [0.15, 0.2) is 0 Å². The molecule has 0 aliphatic heterocycles. The minimum Gasteiger partial charge on any atom is -0.455 e. The van der Waals surface area contributed by atoms with Gasteiger partial charge in [0.2, 0.25) is 11.9 Å². The Morgan fingerprint density at radius 2 is 1.88 bits per heavy atom. The summed E-state index contributed by atoms with van der Waals surface area (Å²) in [6.07, 6.45) is 6.51. The Morgan fingerprint density at radius 3 is 2.35 bits per heavy atom. The normalized spacial score (nSPS) is 23.7. The highest BCUT2D eigenvalue weighted by Crippen LogP contribution is 2.60. The Kier molecular flexibility index (Phi) is 6.76. The first kappa shape index (κ1) is 21.9. The molecule has 1 fully saturated rings. The lowest BCUT2D eigenvalue weighted by Crippen LogP contribution is -2.24. The van der Waals surface area contributed by atoms with E-state index in [4.69, 9.17) is 15.9 Å². The highest BCUT2D eigenvalue weighted by Gasteiger charge is 2.62. The van der Waals surface area contributed by atoms with Crippen molar-refractivity contribution in [3.63, 3.8) is 0 Å².